The van der Waals surface area contributed by atoms with Crippen LogP contribution < -0.4 is 5.32 Å². The van der Waals surface area contributed by atoms with Crippen LogP contribution in [0.1, 0.15) is 50.4 Å². The molecule has 1 N–H and O–H groups in total. The fourth-order valence-corrected chi connectivity index (χ4v) is 3.07. The van der Waals surface area contributed by atoms with E-state index in [1.54, 1.807) is 0 Å². The number of guanidine groups is 1. The summed E-state index contributed by atoms with van der Waals surface area (Å²) in [4.78, 5) is 11.2. The van der Waals surface area contributed by atoms with E-state index in [4.69, 9.17) is 4.52 Å². The molecule has 0 amide bonds. The van der Waals surface area contributed by atoms with Crippen LogP contribution in [0, 0.1) is 0 Å². The molecule has 1 aromatic carbocycles. The molecule has 0 spiro atoms. The molecule has 1 aliphatic heterocycles. The third-order valence-electron chi connectivity index (χ3n) is 4.48. The maximum atomic E-state index is 5.34. The molecule has 1 aliphatic rings. The molecule has 0 bridgehead atoms. The monoisotopic (exact) mass is 469 g/mol. The number of nitrogens with zero attached hydrogens (tertiary/aromatic N) is 4. The van der Waals surface area contributed by atoms with Gasteiger partial charge >= 0.3 is 0 Å². The maximum Gasteiger partial charge on any atom is 0.232 e. The van der Waals surface area contributed by atoms with Crippen LogP contribution >= 0.6 is 24.0 Å². The minimum absolute atomic E-state index is 0. The van der Waals surface area contributed by atoms with Crippen LogP contribution in [-0.4, -0.2) is 41.1 Å². The van der Waals surface area contributed by atoms with Gasteiger partial charge in [-0.1, -0.05) is 56.3 Å². The second-order valence-corrected chi connectivity index (χ2v) is 7.51. The molecule has 0 aliphatic carbocycles. The van der Waals surface area contributed by atoms with Crippen LogP contribution in [0.3, 0.4) is 0 Å². The topological polar surface area (TPSA) is 66.5 Å². The van der Waals surface area contributed by atoms with Crippen LogP contribution in [0.25, 0.3) is 0 Å². The number of rotatable bonds is 3. The Balaban J connectivity index is 0.00000243. The lowest BCUT2D eigenvalue weighted by molar-refractivity contribution is 0.318. The van der Waals surface area contributed by atoms with Gasteiger partial charge < -0.3 is 14.7 Å². The fourth-order valence-electron chi connectivity index (χ4n) is 3.07. The largest absolute Gasteiger partial charge is 0.349 e. The zero-order chi connectivity index (χ0) is 17.9. The highest BCUT2D eigenvalue weighted by Gasteiger charge is 2.26. The minimum Gasteiger partial charge on any atom is -0.349 e. The molecule has 1 fully saturated rings. The van der Waals surface area contributed by atoms with Gasteiger partial charge in [-0.3, -0.25) is 4.99 Å². The standard InChI is InChI=1S/C19H27N5O.HI/c1-19(2,3)17-22-16(23-25-17)12-21-18(20-4)24-11-10-15(13-24)14-8-6-5-7-9-14;/h5-9,15H,10-13H2,1-4H3,(H,20,21);1H. The number of benzene rings is 1. The Kier molecular flexibility index (Phi) is 7.02. The first-order chi connectivity index (χ1) is 12.0. The van der Waals surface area contributed by atoms with Crippen molar-refractivity contribution >= 4 is 29.9 Å². The predicted octanol–water partition coefficient (Wildman–Crippen LogP) is 3.55. The zero-order valence-electron chi connectivity index (χ0n) is 15.9. The van der Waals surface area contributed by atoms with Gasteiger partial charge in [0.25, 0.3) is 0 Å². The Hall–Kier alpha value is -1.64. The number of aromatic nitrogens is 2. The van der Waals surface area contributed by atoms with Gasteiger partial charge in [-0.2, -0.15) is 4.98 Å². The van der Waals surface area contributed by atoms with E-state index in [9.17, 15) is 0 Å². The molecule has 6 nitrogen and oxygen atoms in total. The van der Waals surface area contributed by atoms with E-state index in [1.165, 1.54) is 5.56 Å². The molecule has 1 saturated heterocycles. The highest BCUT2D eigenvalue weighted by atomic mass is 127. The van der Waals surface area contributed by atoms with E-state index >= 15 is 0 Å². The highest BCUT2D eigenvalue weighted by molar-refractivity contribution is 14.0. The second-order valence-electron chi connectivity index (χ2n) is 7.51. The van der Waals surface area contributed by atoms with Crippen molar-refractivity contribution in [2.45, 2.75) is 45.1 Å². The van der Waals surface area contributed by atoms with Crippen molar-refractivity contribution in [1.29, 1.82) is 0 Å². The lowest BCUT2D eigenvalue weighted by atomic mass is 9.97. The maximum absolute atomic E-state index is 5.34. The Morgan fingerprint density at radius 1 is 1.31 bits per heavy atom. The van der Waals surface area contributed by atoms with E-state index in [0.29, 0.717) is 24.2 Å². The van der Waals surface area contributed by atoms with Gasteiger partial charge in [0.1, 0.15) is 0 Å². The number of hydrogen-bond acceptors (Lipinski definition) is 4. The first kappa shape index (κ1) is 20.7. The number of aliphatic imine (C=N–C) groups is 1. The van der Waals surface area contributed by atoms with Crippen LogP contribution in [0.5, 0.6) is 0 Å². The van der Waals surface area contributed by atoms with Gasteiger partial charge in [0.15, 0.2) is 11.8 Å². The summed E-state index contributed by atoms with van der Waals surface area (Å²) in [5, 5.41) is 7.41. The number of likely N-dealkylation sites (tertiary alicyclic amines) is 1. The summed E-state index contributed by atoms with van der Waals surface area (Å²) in [6, 6.07) is 10.7. The van der Waals surface area contributed by atoms with Gasteiger partial charge in [0, 0.05) is 31.5 Å². The molecule has 3 rings (SSSR count). The lowest BCUT2D eigenvalue weighted by Gasteiger charge is -2.21. The average molecular weight is 469 g/mol. The molecule has 1 unspecified atom stereocenters. The summed E-state index contributed by atoms with van der Waals surface area (Å²) in [5.41, 5.74) is 1.26. The SMILES string of the molecule is CN=C(NCc1noc(C(C)(C)C)n1)N1CCC(c2ccccc2)C1.I. The smallest absolute Gasteiger partial charge is 0.232 e. The highest BCUT2D eigenvalue weighted by Crippen LogP contribution is 2.27. The van der Waals surface area contributed by atoms with Crippen LogP contribution in [0.15, 0.2) is 39.8 Å². The molecule has 1 atom stereocenters. The van der Waals surface area contributed by atoms with Gasteiger partial charge in [-0.05, 0) is 12.0 Å². The average Bonchev–Trinajstić information content (AvgIpc) is 3.25. The quantitative estimate of drug-likeness (QED) is 0.423. The molecule has 142 valence electrons. The molecule has 0 radical (unpaired) electrons. The number of nitrogens with one attached hydrogen (secondary N) is 1. The molecule has 0 saturated carbocycles. The van der Waals surface area contributed by atoms with Crippen molar-refractivity contribution in [3.8, 4) is 0 Å². The summed E-state index contributed by atoms with van der Waals surface area (Å²) < 4.78 is 5.34. The molecular weight excluding hydrogens is 441 g/mol. The third kappa shape index (κ3) is 4.96. The molecule has 7 heteroatoms. The van der Waals surface area contributed by atoms with Crippen molar-refractivity contribution in [3.05, 3.63) is 47.6 Å². The van der Waals surface area contributed by atoms with Crippen LogP contribution in [0.4, 0.5) is 0 Å². The Bertz CT molecular complexity index is 723. The van der Waals surface area contributed by atoms with Crippen molar-refractivity contribution in [2.75, 3.05) is 20.1 Å². The summed E-state index contributed by atoms with van der Waals surface area (Å²) in [6.07, 6.45) is 1.14. The summed E-state index contributed by atoms with van der Waals surface area (Å²) in [6.45, 7) is 8.67. The molecule has 2 heterocycles. The molecule has 26 heavy (non-hydrogen) atoms. The Labute approximate surface area is 172 Å². The zero-order valence-corrected chi connectivity index (χ0v) is 18.2. The van der Waals surface area contributed by atoms with Gasteiger partial charge in [-0.15, -0.1) is 24.0 Å². The number of hydrogen-bond donors (Lipinski definition) is 1. The normalized spacial score (nSPS) is 17.9. The van der Waals surface area contributed by atoms with Crippen molar-refractivity contribution < 1.29 is 4.52 Å². The first-order valence-corrected chi connectivity index (χ1v) is 8.81. The Morgan fingerprint density at radius 3 is 2.65 bits per heavy atom. The van der Waals surface area contributed by atoms with Crippen molar-refractivity contribution in [1.82, 2.24) is 20.4 Å². The van der Waals surface area contributed by atoms with E-state index in [1.807, 2.05) is 7.05 Å². The lowest BCUT2D eigenvalue weighted by Crippen LogP contribution is -2.39. The van der Waals surface area contributed by atoms with E-state index in [-0.39, 0.29) is 29.4 Å². The first-order valence-electron chi connectivity index (χ1n) is 8.81. The third-order valence-corrected chi connectivity index (χ3v) is 4.48. The van der Waals surface area contributed by atoms with Gasteiger partial charge in [0.05, 0.1) is 6.54 Å². The summed E-state index contributed by atoms with van der Waals surface area (Å²) in [5.74, 6) is 2.76. The molecule has 2 aromatic rings. The van der Waals surface area contributed by atoms with E-state index in [0.717, 1.165) is 25.5 Å². The molecular formula is C19H28IN5O. The van der Waals surface area contributed by atoms with Gasteiger partial charge in [-0.25, -0.2) is 0 Å². The van der Waals surface area contributed by atoms with E-state index in [2.05, 4.69) is 76.5 Å². The van der Waals surface area contributed by atoms with Crippen molar-refractivity contribution in [2.24, 2.45) is 4.99 Å². The van der Waals surface area contributed by atoms with Gasteiger partial charge in [0.2, 0.25) is 5.89 Å². The summed E-state index contributed by atoms with van der Waals surface area (Å²) in [7, 11) is 1.81. The van der Waals surface area contributed by atoms with Crippen LogP contribution in [-0.2, 0) is 12.0 Å². The van der Waals surface area contributed by atoms with Crippen LogP contribution in [0.2, 0.25) is 0 Å². The van der Waals surface area contributed by atoms with E-state index < -0.39 is 0 Å². The van der Waals surface area contributed by atoms with Crippen molar-refractivity contribution in [3.63, 3.8) is 0 Å². The number of halogens is 1. The predicted molar refractivity (Wildman–Crippen MR) is 114 cm³/mol. The fraction of sp³-hybridized carbons (Fsp3) is 0.526. The molecule has 1 aromatic heterocycles. The summed E-state index contributed by atoms with van der Waals surface area (Å²) >= 11 is 0. The Morgan fingerprint density at radius 2 is 2.04 bits per heavy atom. The minimum atomic E-state index is -0.134. The second kappa shape index (κ2) is 8.83.